The normalized spacial score (nSPS) is 12.3. The fourth-order valence-electron chi connectivity index (χ4n) is 3.24. The molecule has 0 heterocycles. The Bertz CT molecular complexity index is 925. The van der Waals surface area contributed by atoms with Crippen molar-refractivity contribution < 1.29 is 9.63 Å². The van der Waals surface area contributed by atoms with E-state index in [2.05, 4.69) is 53.4 Å². The molecular formula is C25H26N2O2. The number of hydrogen-bond donors (Lipinski definition) is 0. The molecule has 29 heavy (non-hydrogen) atoms. The van der Waals surface area contributed by atoms with Crippen LogP contribution in [0.1, 0.15) is 36.5 Å². The van der Waals surface area contributed by atoms with Gasteiger partial charge in [-0.1, -0.05) is 103 Å². The molecule has 0 amide bonds. The maximum absolute atomic E-state index is 11.5. The Balaban J connectivity index is 1.96. The van der Waals surface area contributed by atoms with E-state index in [0.29, 0.717) is 12.4 Å². The van der Waals surface area contributed by atoms with Gasteiger partial charge in [0.2, 0.25) is 0 Å². The van der Waals surface area contributed by atoms with E-state index < -0.39 is 5.97 Å². The van der Waals surface area contributed by atoms with Crippen LogP contribution in [-0.4, -0.2) is 23.2 Å². The van der Waals surface area contributed by atoms with Crippen molar-refractivity contribution >= 4 is 11.8 Å². The van der Waals surface area contributed by atoms with Gasteiger partial charge in [-0.25, -0.2) is 4.79 Å². The third-order valence-corrected chi connectivity index (χ3v) is 4.67. The number of rotatable bonds is 7. The summed E-state index contributed by atoms with van der Waals surface area (Å²) in [6, 6.07) is 30.5. The fraction of sp³-hybridized carbons (Fsp3) is 0.200. The minimum absolute atomic E-state index is 0.270. The zero-order chi connectivity index (χ0) is 20.5. The number of oxime groups is 1. The Morgan fingerprint density at radius 3 is 2.03 bits per heavy atom. The second-order valence-corrected chi connectivity index (χ2v) is 7.04. The molecule has 1 atom stereocenters. The van der Waals surface area contributed by atoms with Crippen LogP contribution in [0.3, 0.4) is 0 Å². The highest BCUT2D eigenvalue weighted by atomic mass is 16.7. The van der Waals surface area contributed by atoms with Gasteiger partial charge in [0.1, 0.15) is 0 Å². The molecule has 0 aliphatic rings. The molecule has 0 aliphatic carbocycles. The summed E-state index contributed by atoms with van der Waals surface area (Å²) in [4.78, 5) is 18.7. The van der Waals surface area contributed by atoms with Gasteiger partial charge in [-0.15, -0.1) is 0 Å². The molecule has 0 bridgehead atoms. The lowest BCUT2D eigenvalue weighted by atomic mass is 10.00. The molecule has 4 nitrogen and oxygen atoms in total. The summed E-state index contributed by atoms with van der Waals surface area (Å²) in [5, 5.41) is 4.23. The van der Waals surface area contributed by atoms with Crippen LogP contribution in [-0.2, 0) is 16.2 Å². The van der Waals surface area contributed by atoms with E-state index in [4.69, 9.17) is 4.84 Å². The minimum atomic E-state index is -0.436. The largest absolute Gasteiger partial charge is 0.348 e. The van der Waals surface area contributed by atoms with Crippen molar-refractivity contribution in [2.45, 2.75) is 26.3 Å². The minimum Gasteiger partial charge on any atom is -0.348 e. The number of hydrogen-bond acceptors (Lipinski definition) is 3. The van der Waals surface area contributed by atoms with Crippen molar-refractivity contribution in [3.8, 4) is 0 Å². The van der Waals surface area contributed by atoms with Gasteiger partial charge in [-0.05, 0) is 17.0 Å². The first-order valence-corrected chi connectivity index (χ1v) is 9.78. The smallest absolute Gasteiger partial charge is 0.332 e. The van der Waals surface area contributed by atoms with E-state index in [1.54, 1.807) is 0 Å². The van der Waals surface area contributed by atoms with Crippen LogP contribution in [0.2, 0.25) is 0 Å². The summed E-state index contributed by atoms with van der Waals surface area (Å²) in [5.41, 5.74) is 3.33. The summed E-state index contributed by atoms with van der Waals surface area (Å²) in [6.45, 7) is 4.95. The van der Waals surface area contributed by atoms with Crippen LogP contribution in [0.25, 0.3) is 0 Å². The molecule has 0 N–H and O–H groups in total. The van der Waals surface area contributed by atoms with Gasteiger partial charge in [0, 0.05) is 25.6 Å². The average Bonchev–Trinajstić information content (AvgIpc) is 2.75. The summed E-state index contributed by atoms with van der Waals surface area (Å²) < 4.78 is 0. The van der Waals surface area contributed by atoms with E-state index in [-0.39, 0.29) is 5.92 Å². The zero-order valence-corrected chi connectivity index (χ0v) is 16.9. The molecule has 3 aromatic carbocycles. The van der Waals surface area contributed by atoms with E-state index in [0.717, 1.165) is 12.1 Å². The molecule has 4 heteroatoms. The molecule has 148 valence electrons. The number of benzene rings is 3. The Hall–Kier alpha value is -3.40. The Kier molecular flexibility index (Phi) is 7.17. The van der Waals surface area contributed by atoms with Crippen LogP contribution >= 0.6 is 0 Å². The van der Waals surface area contributed by atoms with Crippen LogP contribution in [0, 0.1) is 0 Å². The van der Waals surface area contributed by atoms with Gasteiger partial charge in [0.25, 0.3) is 0 Å². The van der Waals surface area contributed by atoms with E-state index in [1.165, 1.54) is 18.1 Å². The predicted octanol–water partition coefficient (Wildman–Crippen LogP) is 5.22. The van der Waals surface area contributed by atoms with Crippen molar-refractivity contribution in [1.82, 2.24) is 4.90 Å². The van der Waals surface area contributed by atoms with Gasteiger partial charge in [0.05, 0.1) is 0 Å². The standard InChI is InChI=1S/C25H26N2O2/c1-20(23-14-8-4-9-15-23)18-27(19-22-12-6-3-7-13-22)25(26-29-21(2)28)24-16-10-5-11-17-24/h3-17,20H,18-19H2,1-2H3/b26-25+. The fourth-order valence-corrected chi connectivity index (χ4v) is 3.24. The highest BCUT2D eigenvalue weighted by molar-refractivity contribution is 5.98. The summed E-state index contributed by atoms with van der Waals surface area (Å²) in [5.74, 6) is 0.479. The number of carbonyl (C=O) groups excluding carboxylic acids is 1. The van der Waals surface area contributed by atoms with Crippen molar-refractivity contribution in [3.05, 3.63) is 108 Å². The second kappa shape index (κ2) is 10.2. The molecule has 1 unspecified atom stereocenters. The van der Waals surface area contributed by atoms with E-state index in [1.807, 2.05) is 54.6 Å². The van der Waals surface area contributed by atoms with E-state index >= 15 is 0 Å². The van der Waals surface area contributed by atoms with Crippen molar-refractivity contribution in [2.75, 3.05) is 6.54 Å². The molecule has 3 rings (SSSR count). The molecule has 0 fully saturated rings. The Morgan fingerprint density at radius 1 is 0.897 bits per heavy atom. The average molecular weight is 386 g/mol. The van der Waals surface area contributed by atoms with Gasteiger partial charge >= 0.3 is 5.97 Å². The lowest BCUT2D eigenvalue weighted by molar-refractivity contribution is -0.141. The second-order valence-electron chi connectivity index (χ2n) is 7.04. The lowest BCUT2D eigenvalue weighted by Gasteiger charge is -2.29. The van der Waals surface area contributed by atoms with Crippen LogP contribution < -0.4 is 0 Å². The monoisotopic (exact) mass is 386 g/mol. The first-order chi connectivity index (χ1) is 14.1. The molecule has 0 spiro atoms. The van der Waals surface area contributed by atoms with Crippen molar-refractivity contribution in [3.63, 3.8) is 0 Å². The molecule has 0 saturated carbocycles. The third kappa shape index (κ3) is 6.04. The van der Waals surface area contributed by atoms with Gasteiger partial charge in [-0.3, -0.25) is 0 Å². The SMILES string of the molecule is CC(=O)O/N=C(\c1ccccc1)N(Cc1ccccc1)CC(C)c1ccccc1. The topological polar surface area (TPSA) is 41.9 Å². The Labute approximate surface area is 172 Å². The maximum atomic E-state index is 11.5. The number of carbonyl (C=O) groups is 1. The van der Waals surface area contributed by atoms with Gasteiger partial charge in [-0.2, -0.15) is 0 Å². The van der Waals surface area contributed by atoms with Crippen LogP contribution in [0.5, 0.6) is 0 Å². The Morgan fingerprint density at radius 2 is 1.45 bits per heavy atom. The molecule has 0 radical (unpaired) electrons. The van der Waals surface area contributed by atoms with E-state index in [9.17, 15) is 4.79 Å². The summed E-state index contributed by atoms with van der Waals surface area (Å²) in [7, 11) is 0. The van der Waals surface area contributed by atoms with Gasteiger partial charge in [0.15, 0.2) is 5.84 Å². The zero-order valence-electron chi connectivity index (χ0n) is 16.9. The highest BCUT2D eigenvalue weighted by Crippen LogP contribution is 2.20. The molecule has 0 aliphatic heterocycles. The van der Waals surface area contributed by atoms with Crippen molar-refractivity contribution in [2.24, 2.45) is 5.16 Å². The molecule has 0 saturated heterocycles. The highest BCUT2D eigenvalue weighted by Gasteiger charge is 2.19. The summed E-state index contributed by atoms with van der Waals surface area (Å²) >= 11 is 0. The van der Waals surface area contributed by atoms with Gasteiger partial charge < -0.3 is 9.74 Å². The molecular weight excluding hydrogens is 360 g/mol. The van der Waals surface area contributed by atoms with Crippen LogP contribution in [0.15, 0.2) is 96.2 Å². The number of nitrogens with zero attached hydrogens (tertiary/aromatic N) is 2. The van der Waals surface area contributed by atoms with Crippen molar-refractivity contribution in [1.29, 1.82) is 0 Å². The predicted molar refractivity (Wildman–Crippen MR) is 116 cm³/mol. The lowest BCUT2D eigenvalue weighted by Crippen LogP contribution is -2.35. The summed E-state index contributed by atoms with van der Waals surface area (Å²) in [6.07, 6.45) is 0. The third-order valence-electron chi connectivity index (χ3n) is 4.67. The quantitative estimate of drug-likeness (QED) is 0.242. The first kappa shape index (κ1) is 20.3. The van der Waals surface area contributed by atoms with Crippen LogP contribution in [0.4, 0.5) is 0 Å². The first-order valence-electron chi connectivity index (χ1n) is 9.78. The maximum Gasteiger partial charge on any atom is 0.332 e. The molecule has 3 aromatic rings. The number of amidine groups is 1. The molecule has 0 aromatic heterocycles.